The lowest BCUT2D eigenvalue weighted by molar-refractivity contribution is -0.117. The van der Waals surface area contributed by atoms with E-state index >= 15 is 0 Å². The quantitative estimate of drug-likeness (QED) is 0.908. The Kier molecular flexibility index (Phi) is 5.63. The first-order chi connectivity index (χ1) is 11.4. The van der Waals surface area contributed by atoms with Gasteiger partial charge >= 0.3 is 0 Å². The molecule has 4 nitrogen and oxygen atoms in total. The molecular formula is C18H18F2N2O2. The summed E-state index contributed by atoms with van der Waals surface area (Å²) >= 11 is 0. The molecule has 0 saturated carbocycles. The molecule has 24 heavy (non-hydrogen) atoms. The van der Waals surface area contributed by atoms with Crippen molar-refractivity contribution >= 4 is 23.2 Å². The van der Waals surface area contributed by atoms with Crippen LogP contribution >= 0.6 is 0 Å². The molecule has 0 unspecified atom stereocenters. The standard InChI is InChI=1S/C18H18F2N2O2/c1-12-4-3-5-15(10-12)21-18(24)8-9-22(13(2)23)17-7-6-14(19)11-16(17)20/h3-7,10-11H,8-9H2,1-2H3,(H,21,24). The number of benzene rings is 2. The predicted molar refractivity (Wildman–Crippen MR) is 88.8 cm³/mol. The van der Waals surface area contributed by atoms with Gasteiger partial charge in [-0.3, -0.25) is 9.59 Å². The van der Waals surface area contributed by atoms with Gasteiger partial charge < -0.3 is 10.2 Å². The summed E-state index contributed by atoms with van der Waals surface area (Å²) in [5.74, 6) is -2.29. The summed E-state index contributed by atoms with van der Waals surface area (Å²) in [5.41, 5.74) is 1.61. The fraction of sp³-hybridized carbons (Fsp3) is 0.222. The molecule has 0 aliphatic rings. The first-order valence-corrected chi connectivity index (χ1v) is 7.46. The number of hydrogen-bond acceptors (Lipinski definition) is 2. The molecule has 0 bridgehead atoms. The molecule has 0 aliphatic heterocycles. The van der Waals surface area contributed by atoms with Gasteiger partial charge in [-0.2, -0.15) is 0 Å². The number of carbonyl (C=O) groups excluding carboxylic acids is 2. The second-order valence-electron chi connectivity index (χ2n) is 5.43. The van der Waals surface area contributed by atoms with E-state index in [0.717, 1.165) is 16.5 Å². The number of carbonyl (C=O) groups is 2. The molecule has 1 N–H and O–H groups in total. The Labute approximate surface area is 139 Å². The van der Waals surface area contributed by atoms with E-state index in [4.69, 9.17) is 0 Å². The van der Waals surface area contributed by atoms with Crippen molar-refractivity contribution < 1.29 is 18.4 Å². The lowest BCUT2D eigenvalue weighted by Gasteiger charge is -2.21. The van der Waals surface area contributed by atoms with Crippen LogP contribution in [0, 0.1) is 18.6 Å². The van der Waals surface area contributed by atoms with Crippen LogP contribution in [-0.2, 0) is 9.59 Å². The van der Waals surface area contributed by atoms with Crippen LogP contribution in [0.4, 0.5) is 20.2 Å². The number of hydrogen-bond donors (Lipinski definition) is 1. The Morgan fingerprint density at radius 3 is 2.50 bits per heavy atom. The zero-order chi connectivity index (χ0) is 17.7. The van der Waals surface area contributed by atoms with E-state index in [1.54, 1.807) is 6.07 Å². The smallest absolute Gasteiger partial charge is 0.226 e. The van der Waals surface area contributed by atoms with Crippen LogP contribution < -0.4 is 10.2 Å². The number of anilines is 2. The molecule has 0 aliphatic carbocycles. The highest BCUT2D eigenvalue weighted by Crippen LogP contribution is 2.21. The number of nitrogens with zero attached hydrogens (tertiary/aromatic N) is 1. The van der Waals surface area contributed by atoms with Crippen LogP contribution in [0.2, 0.25) is 0 Å². The van der Waals surface area contributed by atoms with Crippen LogP contribution in [0.3, 0.4) is 0 Å². The average molecular weight is 332 g/mol. The Morgan fingerprint density at radius 2 is 1.88 bits per heavy atom. The van der Waals surface area contributed by atoms with Crippen LogP contribution in [0.15, 0.2) is 42.5 Å². The van der Waals surface area contributed by atoms with Crippen molar-refractivity contribution in [2.24, 2.45) is 0 Å². The zero-order valence-corrected chi connectivity index (χ0v) is 13.5. The highest BCUT2D eigenvalue weighted by Gasteiger charge is 2.17. The van der Waals surface area contributed by atoms with Gasteiger partial charge in [0.05, 0.1) is 5.69 Å². The highest BCUT2D eigenvalue weighted by atomic mass is 19.1. The molecular weight excluding hydrogens is 314 g/mol. The summed E-state index contributed by atoms with van der Waals surface area (Å²) in [4.78, 5) is 24.9. The molecule has 126 valence electrons. The van der Waals surface area contributed by atoms with Gasteiger partial charge in [-0.05, 0) is 36.8 Å². The number of nitrogens with one attached hydrogen (secondary N) is 1. The lowest BCUT2D eigenvalue weighted by atomic mass is 10.2. The Hall–Kier alpha value is -2.76. The van der Waals surface area contributed by atoms with Crippen LogP contribution in [-0.4, -0.2) is 18.4 Å². The maximum atomic E-state index is 13.8. The summed E-state index contributed by atoms with van der Waals surface area (Å²) in [6.07, 6.45) is -0.00958. The second kappa shape index (κ2) is 7.68. The Balaban J connectivity index is 2.03. The molecule has 0 heterocycles. The first kappa shape index (κ1) is 17.6. The third kappa shape index (κ3) is 4.62. The molecule has 0 fully saturated rings. The van der Waals surface area contributed by atoms with E-state index in [9.17, 15) is 18.4 Å². The molecule has 6 heteroatoms. The van der Waals surface area contributed by atoms with Gasteiger partial charge in [0.15, 0.2) is 0 Å². The molecule has 2 aromatic carbocycles. The van der Waals surface area contributed by atoms with Gasteiger partial charge in [0, 0.05) is 31.6 Å². The number of aryl methyl sites for hydroxylation is 1. The van der Waals surface area contributed by atoms with Crippen molar-refractivity contribution in [1.82, 2.24) is 0 Å². The fourth-order valence-corrected chi connectivity index (χ4v) is 2.31. The summed E-state index contributed by atoms with van der Waals surface area (Å²) in [6, 6.07) is 10.3. The molecule has 0 atom stereocenters. The third-order valence-electron chi connectivity index (χ3n) is 3.44. The summed E-state index contributed by atoms with van der Waals surface area (Å²) < 4.78 is 26.8. The Bertz CT molecular complexity index is 762. The molecule has 0 aromatic heterocycles. The second-order valence-corrected chi connectivity index (χ2v) is 5.43. The highest BCUT2D eigenvalue weighted by molar-refractivity contribution is 5.94. The van der Waals surface area contributed by atoms with Crippen LogP contribution in [0.5, 0.6) is 0 Å². The van der Waals surface area contributed by atoms with Gasteiger partial charge in [0.25, 0.3) is 0 Å². The number of amides is 2. The molecule has 0 saturated heterocycles. The molecule has 2 amide bonds. The maximum absolute atomic E-state index is 13.8. The minimum absolute atomic E-state index is 0.00443. The van der Waals surface area contributed by atoms with Gasteiger partial charge in [0.2, 0.25) is 11.8 Å². The normalized spacial score (nSPS) is 10.3. The monoisotopic (exact) mass is 332 g/mol. The molecule has 2 aromatic rings. The van der Waals surface area contributed by atoms with Crippen molar-refractivity contribution in [3.63, 3.8) is 0 Å². The third-order valence-corrected chi connectivity index (χ3v) is 3.44. The van der Waals surface area contributed by atoms with Crippen molar-refractivity contribution in [2.75, 3.05) is 16.8 Å². The predicted octanol–water partition coefficient (Wildman–Crippen LogP) is 3.65. The number of halogens is 2. The minimum Gasteiger partial charge on any atom is -0.326 e. The largest absolute Gasteiger partial charge is 0.326 e. The number of rotatable bonds is 5. The Morgan fingerprint density at radius 1 is 1.12 bits per heavy atom. The van der Waals surface area contributed by atoms with Gasteiger partial charge in [0.1, 0.15) is 11.6 Å². The molecule has 0 radical (unpaired) electrons. The van der Waals surface area contributed by atoms with E-state index in [0.29, 0.717) is 11.8 Å². The van der Waals surface area contributed by atoms with Gasteiger partial charge in [-0.1, -0.05) is 12.1 Å². The van der Waals surface area contributed by atoms with Gasteiger partial charge in [-0.25, -0.2) is 8.78 Å². The zero-order valence-electron chi connectivity index (χ0n) is 13.5. The topological polar surface area (TPSA) is 49.4 Å². The van der Waals surface area contributed by atoms with E-state index in [1.807, 2.05) is 25.1 Å². The maximum Gasteiger partial charge on any atom is 0.226 e. The van der Waals surface area contributed by atoms with Crippen molar-refractivity contribution in [1.29, 1.82) is 0 Å². The first-order valence-electron chi connectivity index (χ1n) is 7.46. The van der Waals surface area contributed by atoms with Crippen molar-refractivity contribution in [3.8, 4) is 0 Å². The SMILES string of the molecule is CC(=O)N(CCC(=O)Nc1cccc(C)c1)c1ccc(F)cc1F. The summed E-state index contributed by atoms with van der Waals surface area (Å²) in [6.45, 7) is 3.17. The van der Waals surface area contributed by atoms with E-state index in [2.05, 4.69) is 5.32 Å². The summed E-state index contributed by atoms with van der Waals surface area (Å²) in [7, 11) is 0. The van der Waals surface area contributed by atoms with Crippen LogP contribution in [0.1, 0.15) is 18.9 Å². The molecule has 2 rings (SSSR count). The summed E-state index contributed by atoms with van der Waals surface area (Å²) in [5, 5.41) is 2.72. The van der Waals surface area contributed by atoms with E-state index < -0.39 is 17.5 Å². The minimum atomic E-state index is -0.843. The van der Waals surface area contributed by atoms with E-state index in [1.165, 1.54) is 13.0 Å². The van der Waals surface area contributed by atoms with Crippen molar-refractivity contribution in [2.45, 2.75) is 20.3 Å². The van der Waals surface area contributed by atoms with Crippen molar-refractivity contribution in [3.05, 3.63) is 59.7 Å². The lowest BCUT2D eigenvalue weighted by Crippen LogP contribution is -2.32. The fourth-order valence-electron chi connectivity index (χ4n) is 2.31. The molecule has 0 spiro atoms. The van der Waals surface area contributed by atoms with Gasteiger partial charge in [-0.15, -0.1) is 0 Å². The average Bonchev–Trinajstić information content (AvgIpc) is 2.49. The van der Waals surface area contributed by atoms with E-state index in [-0.39, 0.29) is 24.6 Å². The van der Waals surface area contributed by atoms with Crippen LogP contribution in [0.25, 0.3) is 0 Å².